The fraction of sp³-hybridized carbons (Fsp3) is 0.385. The molecule has 4 nitrogen and oxygen atoms in total. The van der Waals surface area contributed by atoms with Crippen LogP contribution in [0.3, 0.4) is 0 Å². The second-order valence-electron chi connectivity index (χ2n) is 4.53. The monoisotopic (exact) mass is 301 g/mol. The molecule has 2 aromatic rings. The number of halogens is 1. The molecule has 0 saturated heterocycles. The minimum Gasteiger partial charge on any atom is -0.459 e. The van der Waals surface area contributed by atoms with Crippen molar-refractivity contribution in [3.05, 3.63) is 35.0 Å². The lowest BCUT2D eigenvalue weighted by Crippen LogP contribution is -2.27. The number of benzene rings is 1. The van der Waals surface area contributed by atoms with Crippen LogP contribution >= 0.6 is 11.6 Å². The molecule has 0 aliphatic rings. The lowest BCUT2D eigenvalue weighted by Gasteiger charge is -2.13. The zero-order valence-electron chi connectivity index (χ0n) is 10.8. The van der Waals surface area contributed by atoms with Crippen molar-refractivity contribution >= 4 is 32.4 Å². The fourth-order valence-corrected chi connectivity index (χ4v) is 3.07. The van der Waals surface area contributed by atoms with Crippen molar-refractivity contribution in [3.63, 3.8) is 0 Å². The molecule has 1 heterocycles. The van der Waals surface area contributed by atoms with E-state index in [0.717, 1.165) is 5.39 Å². The largest absolute Gasteiger partial charge is 0.459 e. The van der Waals surface area contributed by atoms with Crippen LogP contribution in [0.4, 0.5) is 0 Å². The molecule has 0 fully saturated rings. The Kier molecular flexibility index (Phi) is 4.18. The molecule has 0 aliphatic carbocycles. The van der Waals surface area contributed by atoms with Gasteiger partial charge in [0.15, 0.2) is 0 Å². The summed E-state index contributed by atoms with van der Waals surface area (Å²) in [5.41, 5.74) is 0.704. The number of rotatable bonds is 5. The quantitative estimate of drug-likeness (QED) is 0.922. The molecule has 0 aliphatic heterocycles. The standard InChI is InChI=1S/C13H16ClNO3S/c1-3-15-11(8-19(2,16)17)13-7-9-6-10(14)4-5-12(9)18-13/h4-7,11,15H,3,8H2,1-2H3. The predicted molar refractivity (Wildman–Crippen MR) is 77.4 cm³/mol. The second-order valence-corrected chi connectivity index (χ2v) is 7.15. The second kappa shape index (κ2) is 5.53. The molecule has 1 N–H and O–H groups in total. The first-order valence-electron chi connectivity index (χ1n) is 5.99. The van der Waals surface area contributed by atoms with Crippen LogP contribution in [0.25, 0.3) is 11.0 Å². The summed E-state index contributed by atoms with van der Waals surface area (Å²) >= 11 is 5.92. The van der Waals surface area contributed by atoms with Crippen LogP contribution in [0.15, 0.2) is 28.7 Å². The highest BCUT2D eigenvalue weighted by Crippen LogP contribution is 2.27. The van der Waals surface area contributed by atoms with Crippen molar-refractivity contribution in [2.45, 2.75) is 13.0 Å². The van der Waals surface area contributed by atoms with Gasteiger partial charge in [-0.05, 0) is 30.8 Å². The highest BCUT2D eigenvalue weighted by Gasteiger charge is 2.20. The third-order valence-corrected chi connectivity index (χ3v) is 3.93. The third kappa shape index (κ3) is 3.72. The molecule has 19 heavy (non-hydrogen) atoms. The Labute approximate surface area is 117 Å². The molecular formula is C13H16ClNO3S. The van der Waals surface area contributed by atoms with Gasteiger partial charge in [-0.3, -0.25) is 0 Å². The molecular weight excluding hydrogens is 286 g/mol. The van der Waals surface area contributed by atoms with Gasteiger partial charge in [-0.15, -0.1) is 0 Å². The maximum absolute atomic E-state index is 11.5. The lowest BCUT2D eigenvalue weighted by molar-refractivity contribution is 0.457. The topological polar surface area (TPSA) is 59.3 Å². The van der Waals surface area contributed by atoms with Crippen molar-refractivity contribution in [1.29, 1.82) is 0 Å². The minimum absolute atomic E-state index is 0.00833. The van der Waals surface area contributed by atoms with E-state index in [1.807, 2.05) is 13.0 Å². The summed E-state index contributed by atoms with van der Waals surface area (Å²) in [6.07, 6.45) is 1.22. The molecule has 104 valence electrons. The van der Waals surface area contributed by atoms with Crippen LogP contribution in [0.1, 0.15) is 18.7 Å². The van der Waals surface area contributed by atoms with Gasteiger partial charge in [-0.25, -0.2) is 8.42 Å². The molecule has 0 amide bonds. The fourth-order valence-electron chi connectivity index (χ4n) is 2.00. The van der Waals surface area contributed by atoms with Crippen LogP contribution in [0.2, 0.25) is 5.02 Å². The molecule has 1 aromatic carbocycles. The van der Waals surface area contributed by atoms with Gasteiger partial charge in [0.05, 0.1) is 11.8 Å². The number of nitrogens with one attached hydrogen (secondary N) is 1. The first-order valence-corrected chi connectivity index (χ1v) is 8.43. The van der Waals surface area contributed by atoms with Gasteiger partial charge in [0, 0.05) is 16.7 Å². The Bertz CT molecular complexity index is 678. The summed E-state index contributed by atoms with van der Waals surface area (Å²) in [4.78, 5) is 0. The Balaban J connectivity index is 2.38. The zero-order valence-corrected chi connectivity index (χ0v) is 12.4. The van der Waals surface area contributed by atoms with Crippen molar-refractivity contribution in [2.75, 3.05) is 18.6 Å². The van der Waals surface area contributed by atoms with Crippen LogP contribution in [0, 0.1) is 0 Å². The van der Waals surface area contributed by atoms with E-state index in [9.17, 15) is 8.42 Å². The Morgan fingerprint density at radius 3 is 2.74 bits per heavy atom. The number of hydrogen-bond donors (Lipinski definition) is 1. The Hall–Kier alpha value is -1.04. The molecule has 6 heteroatoms. The summed E-state index contributed by atoms with van der Waals surface area (Å²) < 4.78 is 28.6. The lowest BCUT2D eigenvalue weighted by atomic mass is 10.2. The summed E-state index contributed by atoms with van der Waals surface area (Å²) in [6.45, 7) is 2.59. The Morgan fingerprint density at radius 2 is 2.11 bits per heavy atom. The molecule has 0 spiro atoms. The van der Waals surface area contributed by atoms with E-state index in [1.165, 1.54) is 6.26 Å². The number of furan rings is 1. The van der Waals surface area contributed by atoms with Crippen molar-refractivity contribution in [1.82, 2.24) is 5.32 Å². The highest BCUT2D eigenvalue weighted by atomic mass is 35.5. The summed E-state index contributed by atoms with van der Waals surface area (Å²) in [6, 6.07) is 6.82. The molecule has 0 bridgehead atoms. The Morgan fingerprint density at radius 1 is 1.37 bits per heavy atom. The maximum atomic E-state index is 11.5. The smallest absolute Gasteiger partial charge is 0.149 e. The van der Waals surface area contributed by atoms with Crippen molar-refractivity contribution in [2.24, 2.45) is 0 Å². The van der Waals surface area contributed by atoms with E-state index in [0.29, 0.717) is 22.9 Å². The van der Waals surface area contributed by atoms with E-state index in [4.69, 9.17) is 16.0 Å². The molecule has 1 aromatic heterocycles. The van der Waals surface area contributed by atoms with Crippen molar-refractivity contribution < 1.29 is 12.8 Å². The third-order valence-electron chi connectivity index (χ3n) is 2.76. The number of fused-ring (bicyclic) bond motifs is 1. The minimum atomic E-state index is -3.09. The van der Waals surface area contributed by atoms with Crippen LogP contribution in [0.5, 0.6) is 0 Å². The van der Waals surface area contributed by atoms with Gasteiger partial charge >= 0.3 is 0 Å². The van der Waals surface area contributed by atoms with Gasteiger partial charge in [-0.1, -0.05) is 18.5 Å². The van der Waals surface area contributed by atoms with E-state index < -0.39 is 9.84 Å². The van der Waals surface area contributed by atoms with Gasteiger partial charge < -0.3 is 9.73 Å². The number of sulfone groups is 1. The number of hydrogen-bond acceptors (Lipinski definition) is 4. The summed E-state index contributed by atoms with van der Waals surface area (Å²) in [5.74, 6) is 0.624. The maximum Gasteiger partial charge on any atom is 0.149 e. The van der Waals surface area contributed by atoms with E-state index in [-0.39, 0.29) is 11.8 Å². The molecule has 0 radical (unpaired) electrons. The van der Waals surface area contributed by atoms with Crippen LogP contribution in [-0.2, 0) is 9.84 Å². The summed E-state index contributed by atoms with van der Waals surface area (Å²) in [7, 11) is -3.09. The van der Waals surface area contributed by atoms with Crippen LogP contribution in [-0.4, -0.2) is 27.0 Å². The van der Waals surface area contributed by atoms with Gasteiger partial charge in [0.1, 0.15) is 21.2 Å². The van der Waals surface area contributed by atoms with E-state index in [1.54, 1.807) is 18.2 Å². The van der Waals surface area contributed by atoms with Gasteiger partial charge in [0.25, 0.3) is 0 Å². The normalized spacial score (nSPS) is 13.8. The van der Waals surface area contributed by atoms with Crippen LogP contribution < -0.4 is 5.32 Å². The van der Waals surface area contributed by atoms with E-state index >= 15 is 0 Å². The highest BCUT2D eigenvalue weighted by molar-refractivity contribution is 7.90. The summed E-state index contributed by atoms with van der Waals surface area (Å²) in [5, 5.41) is 4.63. The molecule has 0 saturated carbocycles. The van der Waals surface area contributed by atoms with Crippen molar-refractivity contribution in [3.8, 4) is 0 Å². The molecule has 1 unspecified atom stereocenters. The predicted octanol–water partition coefficient (Wildman–Crippen LogP) is 2.78. The van der Waals surface area contributed by atoms with Gasteiger partial charge in [0.2, 0.25) is 0 Å². The molecule has 1 atom stereocenters. The van der Waals surface area contributed by atoms with E-state index in [2.05, 4.69) is 5.32 Å². The SMILES string of the molecule is CCNC(CS(C)(=O)=O)c1cc2cc(Cl)ccc2o1. The average molecular weight is 302 g/mol. The average Bonchev–Trinajstić information content (AvgIpc) is 2.69. The zero-order chi connectivity index (χ0) is 14.0. The first-order chi connectivity index (χ1) is 8.89. The van der Waals surface area contributed by atoms with Gasteiger partial charge in [-0.2, -0.15) is 0 Å². The molecule has 2 rings (SSSR count). The first kappa shape index (κ1) is 14.4.